The Morgan fingerprint density at radius 2 is 1.85 bits per heavy atom. The van der Waals surface area contributed by atoms with Gasteiger partial charge in [0.25, 0.3) is 11.8 Å². The molecular formula is C9H14N2O2. The third kappa shape index (κ3) is 2.66. The predicted molar refractivity (Wildman–Crippen MR) is 49.0 cm³/mol. The molecule has 2 amide bonds. The second-order valence-electron chi connectivity index (χ2n) is 3.27. The zero-order chi connectivity index (χ0) is 9.84. The van der Waals surface area contributed by atoms with Crippen molar-refractivity contribution in [2.45, 2.75) is 19.9 Å². The van der Waals surface area contributed by atoms with Gasteiger partial charge in [-0.25, -0.2) is 0 Å². The van der Waals surface area contributed by atoms with Crippen molar-refractivity contribution < 1.29 is 9.59 Å². The fourth-order valence-electron chi connectivity index (χ4n) is 1.12. The largest absolute Gasteiger partial charge is 0.313 e. The highest BCUT2D eigenvalue weighted by atomic mass is 16.2. The summed E-state index contributed by atoms with van der Waals surface area (Å²) in [5, 5.41) is 3.14. The monoisotopic (exact) mass is 182 g/mol. The van der Waals surface area contributed by atoms with Gasteiger partial charge in [-0.3, -0.25) is 14.5 Å². The van der Waals surface area contributed by atoms with Gasteiger partial charge in [-0.15, -0.1) is 0 Å². The van der Waals surface area contributed by atoms with Crippen LogP contribution in [0.15, 0.2) is 12.2 Å². The summed E-state index contributed by atoms with van der Waals surface area (Å²) in [6.07, 6.45) is 2.61. The van der Waals surface area contributed by atoms with Gasteiger partial charge in [0, 0.05) is 31.3 Å². The Hall–Kier alpha value is -1.16. The summed E-state index contributed by atoms with van der Waals surface area (Å²) in [5.74, 6) is -0.425. The number of nitrogens with one attached hydrogen (secondary N) is 1. The number of hydrogen-bond acceptors (Lipinski definition) is 3. The molecule has 1 rings (SSSR count). The lowest BCUT2D eigenvalue weighted by Gasteiger charge is -2.15. The normalized spacial score (nSPS) is 16.4. The predicted octanol–water partition coefficient (Wildman–Crippen LogP) is -0.0906. The number of amides is 2. The van der Waals surface area contributed by atoms with E-state index in [9.17, 15) is 9.59 Å². The van der Waals surface area contributed by atoms with Gasteiger partial charge in [0.2, 0.25) is 0 Å². The van der Waals surface area contributed by atoms with Crippen LogP contribution in [0.4, 0.5) is 0 Å². The third-order valence-electron chi connectivity index (χ3n) is 1.79. The van der Waals surface area contributed by atoms with Crippen LogP contribution in [0.3, 0.4) is 0 Å². The van der Waals surface area contributed by atoms with Crippen molar-refractivity contribution in [2.24, 2.45) is 0 Å². The van der Waals surface area contributed by atoms with Crippen molar-refractivity contribution in [1.29, 1.82) is 0 Å². The van der Waals surface area contributed by atoms with E-state index < -0.39 is 0 Å². The lowest BCUT2D eigenvalue weighted by Crippen LogP contribution is -2.38. The van der Waals surface area contributed by atoms with E-state index in [1.54, 1.807) is 0 Å². The molecule has 0 aromatic rings. The van der Waals surface area contributed by atoms with Crippen LogP contribution in [-0.4, -0.2) is 35.8 Å². The zero-order valence-electron chi connectivity index (χ0n) is 7.91. The quantitative estimate of drug-likeness (QED) is 0.618. The molecule has 1 heterocycles. The van der Waals surface area contributed by atoms with Gasteiger partial charge >= 0.3 is 0 Å². The van der Waals surface area contributed by atoms with Gasteiger partial charge in [-0.05, 0) is 0 Å². The second kappa shape index (κ2) is 4.18. The maximum absolute atomic E-state index is 11.1. The van der Waals surface area contributed by atoms with Crippen LogP contribution in [0.1, 0.15) is 13.8 Å². The van der Waals surface area contributed by atoms with Crippen LogP contribution in [0.2, 0.25) is 0 Å². The van der Waals surface area contributed by atoms with Gasteiger partial charge in [0.15, 0.2) is 0 Å². The van der Waals surface area contributed by atoms with Gasteiger partial charge in [0.05, 0.1) is 0 Å². The lowest BCUT2D eigenvalue weighted by molar-refractivity contribution is -0.136. The topological polar surface area (TPSA) is 49.4 Å². The molecule has 0 bridgehead atoms. The first kappa shape index (κ1) is 9.92. The Morgan fingerprint density at radius 1 is 1.31 bits per heavy atom. The Kier molecular flexibility index (Phi) is 3.19. The molecule has 1 N–H and O–H groups in total. The van der Waals surface area contributed by atoms with E-state index in [-0.39, 0.29) is 11.8 Å². The number of imide groups is 1. The molecule has 13 heavy (non-hydrogen) atoms. The summed E-state index contributed by atoms with van der Waals surface area (Å²) in [7, 11) is 0. The van der Waals surface area contributed by atoms with Crippen LogP contribution in [0, 0.1) is 0 Å². The first-order valence-electron chi connectivity index (χ1n) is 4.38. The molecule has 72 valence electrons. The number of rotatable bonds is 4. The molecule has 0 atom stereocenters. The van der Waals surface area contributed by atoms with Crippen LogP contribution < -0.4 is 5.32 Å². The van der Waals surface area contributed by atoms with Crippen molar-refractivity contribution >= 4 is 11.8 Å². The average molecular weight is 182 g/mol. The number of carbonyl (C=O) groups is 2. The molecular weight excluding hydrogens is 168 g/mol. The molecule has 0 aromatic carbocycles. The fraction of sp³-hybridized carbons (Fsp3) is 0.556. The Balaban J connectivity index is 2.30. The van der Waals surface area contributed by atoms with Gasteiger partial charge in [-0.2, -0.15) is 0 Å². The number of carbonyl (C=O) groups excluding carboxylic acids is 2. The van der Waals surface area contributed by atoms with Crippen molar-refractivity contribution in [1.82, 2.24) is 10.2 Å². The maximum Gasteiger partial charge on any atom is 0.253 e. The zero-order valence-corrected chi connectivity index (χ0v) is 7.91. The molecule has 0 fully saturated rings. The molecule has 1 aliphatic heterocycles. The van der Waals surface area contributed by atoms with E-state index in [0.717, 1.165) is 0 Å². The molecule has 4 heteroatoms. The molecule has 0 aliphatic carbocycles. The SMILES string of the molecule is CC(C)NCCN1C(=O)C=CC1=O. The van der Waals surface area contributed by atoms with Gasteiger partial charge in [-0.1, -0.05) is 13.8 Å². The molecule has 0 saturated carbocycles. The maximum atomic E-state index is 11.1. The third-order valence-corrected chi connectivity index (χ3v) is 1.79. The molecule has 0 spiro atoms. The highest BCUT2D eigenvalue weighted by Gasteiger charge is 2.22. The Morgan fingerprint density at radius 3 is 2.31 bits per heavy atom. The van der Waals surface area contributed by atoms with Crippen LogP contribution >= 0.6 is 0 Å². The van der Waals surface area contributed by atoms with Crippen LogP contribution in [-0.2, 0) is 9.59 Å². The van der Waals surface area contributed by atoms with Crippen molar-refractivity contribution in [3.63, 3.8) is 0 Å². The highest BCUT2D eigenvalue weighted by molar-refractivity contribution is 6.12. The molecule has 0 unspecified atom stereocenters. The molecule has 4 nitrogen and oxygen atoms in total. The van der Waals surface area contributed by atoms with Gasteiger partial charge < -0.3 is 5.32 Å². The highest BCUT2D eigenvalue weighted by Crippen LogP contribution is 2.01. The summed E-state index contributed by atoms with van der Waals surface area (Å²) in [5.41, 5.74) is 0. The summed E-state index contributed by atoms with van der Waals surface area (Å²) in [4.78, 5) is 23.3. The summed E-state index contributed by atoms with van der Waals surface area (Å²) < 4.78 is 0. The minimum atomic E-state index is -0.212. The minimum Gasteiger partial charge on any atom is -0.313 e. The summed E-state index contributed by atoms with van der Waals surface area (Å²) in [6.45, 7) is 5.14. The van der Waals surface area contributed by atoms with Crippen LogP contribution in [0.25, 0.3) is 0 Å². The van der Waals surface area contributed by atoms with E-state index in [0.29, 0.717) is 19.1 Å². The first-order chi connectivity index (χ1) is 6.11. The number of hydrogen-bond donors (Lipinski definition) is 1. The van der Waals surface area contributed by atoms with E-state index in [4.69, 9.17) is 0 Å². The smallest absolute Gasteiger partial charge is 0.253 e. The first-order valence-corrected chi connectivity index (χ1v) is 4.38. The van der Waals surface area contributed by atoms with E-state index in [2.05, 4.69) is 5.32 Å². The average Bonchev–Trinajstić information content (AvgIpc) is 2.34. The Labute approximate surface area is 77.6 Å². The molecule has 1 aliphatic rings. The number of nitrogens with zero attached hydrogens (tertiary/aromatic N) is 1. The van der Waals surface area contributed by atoms with E-state index in [1.165, 1.54) is 17.1 Å². The van der Waals surface area contributed by atoms with Crippen LogP contribution in [0.5, 0.6) is 0 Å². The Bertz CT molecular complexity index is 228. The second-order valence-corrected chi connectivity index (χ2v) is 3.27. The molecule has 0 saturated heterocycles. The van der Waals surface area contributed by atoms with Crippen molar-refractivity contribution in [2.75, 3.05) is 13.1 Å². The standard InChI is InChI=1S/C9H14N2O2/c1-7(2)10-5-6-11-8(12)3-4-9(11)13/h3-4,7,10H,5-6H2,1-2H3. The van der Waals surface area contributed by atoms with E-state index >= 15 is 0 Å². The summed E-state index contributed by atoms with van der Waals surface area (Å²) in [6, 6.07) is 0.376. The van der Waals surface area contributed by atoms with E-state index in [1.807, 2.05) is 13.8 Å². The fourth-order valence-corrected chi connectivity index (χ4v) is 1.12. The molecule has 0 aromatic heterocycles. The lowest BCUT2D eigenvalue weighted by atomic mass is 10.4. The molecule has 0 radical (unpaired) electrons. The summed E-state index contributed by atoms with van der Waals surface area (Å²) >= 11 is 0. The van der Waals surface area contributed by atoms with Gasteiger partial charge in [0.1, 0.15) is 0 Å². The van der Waals surface area contributed by atoms with Crippen molar-refractivity contribution in [3.05, 3.63) is 12.2 Å². The van der Waals surface area contributed by atoms with Crippen molar-refractivity contribution in [3.8, 4) is 0 Å². The minimum absolute atomic E-state index is 0.212.